The van der Waals surface area contributed by atoms with Gasteiger partial charge >= 0.3 is 5.97 Å². The Balaban J connectivity index is 2.24. The van der Waals surface area contributed by atoms with Gasteiger partial charge in [0.1, 0.15) is 5.82 Å². The summed E-state index contributed by atoms with van der Waals surface area (Å²) >= 11 is 0. The number of nitrogen functional groups attached to an aromatic ring is 1. The van der Waals surface area contributed by atoms with Crippen LogP contribution in [-0.2, 0) is 16.0 Å². The zero-order valence-corrected chi connectivity index (χ0v) is 12.7. The zero-order chi connectivity index (χ0) is 16.1. The third-order valence-corrected chi connectivity index (χ3v) is 3.40. The summed E-state index contributed by atoms with van der Waals surface area (Å²) in [5.41, 5.74) is 8.02. The first kappa shape index (κ1) is 15.8. The normalized spacial score (nSPS) is 10.5. The van der Waals surface area contributed by atoms with Crippen LogP contribution in [0, 0.1) is 6.92 Å². The lowest BCUT2D eigenvalue weighted by atomic mass is 10.0. The van der Waals surface area contributed by atoms with Crippen LogP contribution in [0.4, 0.5) is 5.69 Å². The maximum Gasteiger partial charge on any atom is 0.305 e. The minimum Gasteiger partial charge on any atom is -0.469 e. The van der Waals surface area contributed by atoms with E-state index in [0.29, 0.717) is 47.6 Å². The van der Waals surface area contributed by atoms with E-state index in [2.05, 4.69) is 14.7 Å². The predicted molar refractivity (Wildman–Crippen MR) is 84.4 cm³/mol. The molecular weight excluding hydrogens is 282 g/mol. The van der Waals surface area contributed by atoms with Crippen molar-refractivity contribution < 1.29 is 9.53 Å². The molecule has 1 aromatic carbocycles. The quantitative estimate of drug-likeness (QED) is 0.648. The second-order valence-electron chi connectivity index (χ2n) is 4.99. The summed E-state index contributed by atoms with van der Waals surface area (Å²) in [4.78, 5) is 30.6. The van der Waals surface area contributed by atoms with Crippen molar-refractivity contribution in [1.29, 1.82) is 0 Å². The number of nitrogens with one attached hydrogen (secondary N) is 1. The molecule has 0 aliphatic rings. The number of carbonyl (C=O) groups is 1. The van der Waals surface area contributed by atoms with E-state index in [1.807, 2.05) is 12.1 Å². The largest absolute Gasteiger partial charge is 0.469 e. The summed E-state index contributed by atoms with van der Waals surface area (Å²) in [7, 11) is 1.35. The number of aromatic amines is 1. The van der Waals surface area contributed by atoms with Crippen molar-refractivity contribution in [3.8, 4) is 11.1 Å². The number of nitrogens with zero attached hydrogens (tertiary/aromatic N) is 1. The van der Waals surface area contributed by atoms with Crippen molar-refractivity contribution in [2.75, 3.05) is 12.8 Å². The smallest absolute Gasteiger partial charge is 0.305 e. The molecule has 0 bridgehead atoms. The van der Waals surface area contributed by atoms with Crippen LogP contribution in [0.15, 0.2) is 29.1 Å². The number of aromatic nitrogens is 2. The number of anilines is 1. The topological polar surface area (TPSA) is 98.1 Å². The average Bonchev–Trinajstić information content (AvgIpc) is 2.48. The molecule has 116 valence electrons. The fourth-order valence-corrected chi connectivity index (χ4v) is 2.31. The molecule has 1 heterocycles. The van der Waals surface area contributed by atoms with Gasteiger partial charge in [-0.2, -0.15) is 0 Å². The number of benzene rings is 1. The maximum absolute atomic E-state index is 12.3. The molecule has 2 aromatic rings. The van der Waals surface area contributed by atoms with E-state index in [4.69, 9.17) is 5.73 Å². The summed E-state index contributed by atoms with van der Waals surface area (Å²) in [6.45, 7) is 1.78. The Hall–Kier alpha value is -2.63. The van der Waals surface area contributed by atoms with Crippen LogP contribution in [0.25, 0.3) is 11.1 Å². The van der Waals surface area contributed by atoms with Gasteiger partial charge in [0.15, 0.2) is 0 Å². The van der Waals surface area contributed by atoms with Crippen LogP contribution in [0.2, 0.25) is 0 Å². The summed E-state index contributed by atoms with van der Waals surface area (Å²) in [6, 6.07) is 7.19. The lowest BCUT2D eigenvalue weighted by Crippen LogP contribution is -2.17. The van der Waals surface area contributed by atoms with Gasteiger partial charge in [-0.25, -0.2) is 4.98 Å². The van der Waals surface area contributed by atoms with Crippen LogP contribution >= 0.6 is 0 Å². The molecule has 0 spiro atoms. The summed E-state index contributed by atoms with van der Waals surface area (Å²) in [5, 5.41) is 0. The first-order valence-corrected chi connectivity index (χ1v) is 7.04. The summed E-state index contributed by atoms with van der Waals surface area (Å²) in [5.74, 6) is 0.289. The molecule has 0 saturated carbocycles. The number of rotatable bonds is 5. The molecular formula is C16H19N3O3. The van der Waals surface area contributed by atoms with Gasteiger partial charge < -0.3 is 15.5 Å². The van der Waals surface area contributed by atoms with Crippen molar-refractivity contribution >= 4 is 11.7 Å². The highest BCUT2D eigenvalue weighted by Crippen LogP contribution is 2.24. The second kappa shape index (κ2) is 6.89. The molecule has 0 atom stereocenters. The fourth-order valence-electron chi connectivity index (χ4n) is 2.31. The van der Waals surface area contributed by atoms with Crippen molar-refractivity contribution in [2.45, 2.75) is 26.2 Å². The Kier molecular flexibility index (Phi) is 4.93. The van der Waals surface area contributed by atoms with Crippen molar-refractivity contribution in [3.63, 3.8) is 0 Å². The Labute approximate surface area is 128 Å². The Bertz CT molecular complexity index is 738. The number of aryl methyl sites for hydroxylation is 2. The molecule has 0 fully saturated rings. The number of methoxy groups -OCH3 is 1. The lowest BCUT2D eigenvalue weighted by Gasteiger charge is -2.09. The number of carbonyl (C=O) groups excluding carboxylic acids is 1. The van der Waals surface area contributed by atoms with Crippen molar-refractivity contribution in [1.82, 2.24) is 9.97 Å². The van der Waals surface area contributed by atoms with E-state index in [1.54, 1.807) is 19.1 Å². The first-order chi connectivity index (χ1) is 10.5. The molecule has 6 heteroatoms. The molecule has 6 nitrogen and oxygen atoms in total. The Morgan fingerprint density at radius 3 is 2.73 bits per heavy atom. The molecule has 3 N–H and O–H groups in total. The Morgan fingerprint density at radius 1 is 1.36 bits per heavy atom. The fraction of sp³-hybridized carbons (Fsp3) is 0.312. The van der Waals surface area contributed by atoms with E-state index in [-0.39, 0.29) is 11.5 Å². The van der Waals surface area contributed by atoms with E-state index < -0.39 is 0 Å². The van der Waals surface area contributed by atoms with Gasteiger partial charge in [0.2, 0.25) is 0 Å². The number of ether oxygens (including phenoxy) is 1. The third-order valence-electron chi connectivity index (χ3n) is 3.40. The minimum atomic E-state index is -0.271. The van der Waals surface area contributed by atoms with Crippen LogP contribution in [-0.4, -0.2) is 23.0 Å². The van der Waals surface area contributed by atoms with Gasteiger partial charge in [-0.05, 0) is 19.4 Å². The number of hydrogen-bond donors (Lipinski definition) is 2. The van der Waals surface area contributed by atoms with Crippen molar-refractivity contribution in [3.05, 3.63) is 46.1 Å². The number of hydrogen-bond acceptors (Lipinski definition) is 5. The SMILES string of the molecule is COC(=O)CCCc1nc(C)c(-c2ccccc2N)c(=O)[nH]1. The monoisotopic (exact) mass is 301 g/mol. The van der Waals surface area contributed by atoms with Gasteiger partial charge in [0.05, 0.1) is 18.4 Å². The van der Waals surface area contributed by atoms with Gasteiger partial charge in [-0.15, -0.1) is 0 Å². The molecule has 0 aliphatic heterocycles. The van der Waals surface area contributed by atoms with E-state index in [9.17, 15) is 9.59 Å². The molecule has 22 heavy (non-hydrogen) atoms. The van der Waals surface area contributed by atoms with E-state index in [0.717, 1.165) is 0 Å². The van der Waals surface area contributed by atoms with Gasteiger partial charge in [-0.1, -0.05) is 18.2 Å². The number of para-hydroxylation sites is 1. The minimum absolute atomic E-state index is 0.224. The molecule has 0 unspecified atom stereocenters. The van der Waals surface area contributed by atoms with Gasteiger partial charge in [0, 0.05) is 24.1 Å². The summed E-state index contributed by atoms with van der Waals surface area (Å²) < 4.78 is 4.58. The highest BCUT2D eigenvalue weighted by molar-refractivity contribution is 5.76. The molecule has 1 aromatic heterocycles. The molecule has 0 amide bonds. The number of H-pyrrole nitrogens is 1. The Morgan fingerprint density at radius 2 is 2.09 bits per heavy atom. The third kappa shape index (κ3) is 3.52. The van der Waals surface area contributed by atoms with Crippen LogP contribution in [0.1, 0.15) is 24.4 Å². The number of esters is 1. The van der Waals surface area contributed by atoms with Crippen LogP contribution in [0.3, 0.4) is 0 Å². The first-order valence-electron chi connectivity index (χ1n) is 7.04. The lowest BCUT2D eigenvalue weighted by molar-refractivity contribution is -0.140. The van der Waals surface area contributed by atoms with E-state index in [1.165, 1.54) is 7.11 Å². The predicted octanol–water partition coefficient (Wildman–Crippen LogP) is 1.82. The van der Waals surface area contributed by atoms with Crippen LogP contribution in [0.5, 0.6) is 0 Å². The van der Waals surface area contributed by atoms with Crippen molar-refractivity contribution in [2.24, 2.45) is 0 Å². The number of nitrogens with two attached hydrogens (primary N) is 1. The second-order valence-corrected chi connectivity index (χ2v) is 4.99. The zero-order valence-electron chi connectivity index (χ0n) is 12.7. The van der Waals surface area contributed by atoms with E-state index >= 15 is 0 Å². The highest BCUT2D eigenvalue weighted by Gasteiger charge is 2.13. The molecule has 0 aliphatic carbocycles. The average molecular weight is 301 g/mol. The molecule has 0 radical (unpaired) electrons. The van der Waals surface area contributed by atoms with Gasteiger partial charge in [0.25, 0.3) is 5.56 Å². The maximum atomic E-state index is 12.3. The highest BCUT2D eigenvalue weighted by atomic mass is 16.5. The molecule has 2 rings (SSSR count). The van der Waals surface area contributed by atoms with Crippen LogP contribution < -0.4 is 11.3 Å². The summed E-state index contributed by atoms with van der Waals surface area (Å²) in [6.07, 6.45) is 1.38. The molecule has 0 saturated heterocycles. The standard InChI is InChI=1S/C16H19N3O3/c1-10-15(11-6-3-4-7-12(11)17)16(21)19-13(18-10)8-5-9-14(20)22-2/h3-4,6-7H,5,8-9,17H2,1-2H3,(H,18,19,21). The van der Waals surface area contributed by atoms with Gasteiger partial charge in [-0.3, -0.25) is 9.59 Å².